The molecule has 0 radical (unpaired) electrons. The number of carbonyl (C=O) groups excluding carboxylic acids is 1. The standard InChI is InChI=1S/C18H17BrO3/c1-11(2)21-14-5-3-4-12(8-14)18-10-16(20)15-9-13(19)6-7-17(15)22-18/h3-9,11,18H,10H2,1-2H3. The minimum atomic E-state index is -0.267. The Bertz CT molecular complexity index is 709. The second-order valence-electron chi connectivity index (χ2n) is 5.61. The summed E-state index contributed by atoms with van der Waals surface area (Å²) in [5.74, 6) is 1.53. The highest BCUT2D eigenvalue weighted by atomic mass is 79.9. The summed E-state index contributed by atoms with van der Waals surface area (Å²) in [6.45, 7) is 3.98. The number of hydrogen-bond acceptors (Lipinski definition) is 3. The minimum Gasteiger partial charge on any atom is -0.491 e. The Kier molecular flexibility index (Phi) is 4.21. The Morgan fingerprint density at radius 3 is 2.82 bits per heavy atom. The van der Waals surface area contributed by atoms with E-state index in [-0.39, 0.29) is 18.0 Å². The molecule has 114 valence electrons. The summed E-state index contributed by atoms with van der Waals surface area (Å²) in [7, 11) is 0. The van der Waals surface area contributed by atoms with Crippen LogP contribution in [0.15, 0.2) is 46.9 Å². The van der Waals surface area contributed by atoms with Gasteiger partial charge in [-0.2, -0.15) is 0 Å². The third kappa shape index (κ3) is 3.17. The lowest BCUT2D eigenvalue weighted by Gasteiger charge is -2.26. The van der Waals surface area contributed by atoms with E-state index in [9.17, 15) is 4.79 Å². The molecule has 0 aromatic heterocycles. The molecule has 0 amide bonds. The largest absolute Gasteiger partial charge is 0.491 e. The third-order valence-corrected chi connectivity index (χ3v) is 3.98. The molecule has 1 aliphatic rings. The van der Waals surface area contributed by atoms with Gasteiger partial charge in [0.2, 0.25) is 0 Å². The Labute approximate surface area is 138 Å². The summed E-state index contributed by atoms with van der Waals surface area (Å²) in [4.78, 5) is 12.4. The first kappa shape index (κ1) is 15.1. The summed E-state index contributed by atoms with van der Waals surface area (Å²) < 4.78 is 12.6. The number of hydrogen-bond donors (Lipinski definition) is 0. The van der Waals surface area contributed by atoms with Crippen molar-refractivity contribution in [3.05, 3.63) is 58.1 Å². The van der Waals surface area contributed by atoms with Gasteiger partial charge in [-0.25, -0.2) is 0 Å². The number of halogens is 1. The SMILES string of the molecule is CC(C)Oc1cccc(C2CC(=O)c3cc(Br)ccc3O2)c1. The van der Waals surface area contributed by atoms with Crippen molar-refractivity contribution in [2.75, 3.05) is 0 Å². The summed E-state index contributed by atoms with van der Waals surface area (Å²) in [5, 5.41) is 0. The predicted molar refractivity (Wildman–Crippen MR) is 88.7 cm³/mol. The Hall–Kier alpha value is -1.81. The summed E-state index contributed by atoms with van der Waals surface area (Å²) >= 11 is 3.39. The van der Waals surface area contributed by atoms with Gasteiger partial charge < -0.3 is 9.47 Å². The summed E-state index contributed by atoms with van der Waals surface area (Å²) in [6.07, 6.45) is 0.188. The molecular weight excluding hydrogens is 344 g/mol. The number of ether oxygens (including phenoxy) is 2. The van der Waals surface area contributed by atoms with Crippen LogP contribution >= 0.6 is 15.9 Å². The highest BCUT2D eigenvalue weighted by Crippen LogP contribution is 2.37. The number of ketones is 1. The molecule has 0 saturated carbocycles. The molecule has 1 atom stereocenters. The fourth-order valence-corrected chi connectivity index (χ4v) is 2.90. The number of Topliss-reactive ketones (excluding diaryl/α,β-unsaturated/α-hetero) is 1. The second-order valence-corrected chi connectivity index (χ2v) is 6.53. The molecule has 4 heteroatoms. The van der Waals surface area contributed by atoms with E-state index in [0.717, 1.165) is 15.8 Å². The van der Waals surface area contributed by atoms with Crippen LogP contribution in [0.25, 0.3) is 0 Å². The molecule has 0 aliphatic carbocycles. The van der Waals surface area contributed by atoms with Crippen LogP contribution in [-0.4, -0.2) is 11.9 Å². The lowest BCUT2D eigenvalue weighted by atomic mass is 9.96. The maximum Gasteiger partial charge on any atom is 0.170 e. The van der Waals surface area contributed by atoms with Crippen LogP contribution in [0.3, 0.4) is 0 Å². The number of carbonyl (C=O) groups is 1. The maximum atomic E-state index is 12.4. The molecule has 2 aromatic carbocycles. The van der Waals surface area contributed by atoms with E-state index in [2.05, 4.69) is 15.9 Å². The van der Waals surface area contributed by atoms with Gasteiger partial charge in [0.25, 0.3) is 0 Å². The minimum absolute atomic E-state index is 0.0998. The van der Waals surface area contributed by atoms with Gasteiger partial charge in [0.05, 0.1) is 18.1 Å². The lowest BCUT2D eigenvalue weighted by molar-refractivity contribution is 0.0849. The van der Waals surface area contributed by atoms with Gasteiger partial charge in [-0.3, -0.25) is 4.79 Å². The van der Waals surface area contributed by atoms with Gasteiger partial charge in [0.15, 0.2) is 5.78 Å². The molecule has 3 rings (SSSR count). The molecule has 2 aromatic rings. The maximum absolute atomic E-state index is 12.4. The van der Waals surface area contributed by atoms with E-state index in [4.69, 9.17) is 9.47 Å². The molecular formula is C18H17BrO3. The number of benzene rings is 2. The van der Waals surface area contributed by atoms with E-state index in [1.165, 1.54) is 0 Å². The first-order valence-corrected chi connectivity index (χ1v) is 8.08. The molecule has 0 N–H and O–H groups in total. The molecule has 1 heterocycles. The molecule has 0 bridgehead atoms. The monoisotopic (exact) mass is 360 g/mol. The van der Waals surface area contributed by atoms with Crippen molar-refractivity contribution < 1.29 is 14.3 Å². The van der Waals surface area contributed by atoms with Crippen molar-refractivity contribution >= 4 is 21.7 Å². The smallest absolute Gasteiger partial charge is 0.170 e. The van der Waals surface area contributed by atoms with Crippen molar-refractivity contribution in [2.45, 2.75) is 32.5 Å². The van der Waals surface area contributed by atoms with Gasteiger partial charge in [0.1, 0.15) is 17.6 Å². The summed E-state index contributed by atoms with van der Waals surface area (Å²) in [6, 6.07) is 13.3. The zero-order chi connectivity index (χ0) is 15.7. The molecule has 3 nitrogen and oxygen atoms in total. The van der Waals surface area contributed by atoms with E-state index < -0.39 is 0 Å². The lowest BCUT2D eigenvalue weighted by Crippen LogP contribution is -2.20. The van der Waals surface area contributed by atoms with Gasteiger partial charge in [-0.1, -0.05) is 28.1 Å². The van der Waals surface area contributed by atoms with E-state index in [1.807, 2.05) is 56.3 Å². The van der Waals surface area contributed by atoms with Crippen molar-refractivity contribution in [3.8, 4) is 11.5 Å². The fourth-order valence-electron chi connectivity index (χ4n) is 2.54. The predicted octanol–water partition coefficient (Wildman–Crippen LogP) is 4.94. The third-order valence-electron chi connectivity index (χ3n) is 3.48. The zero-order valence-corrected chi connectivity index (χ0v) is 14.1. The van der Waals surface area contributed by atoms with Gasteiger partial charge in [-0.05, 0) is 49.7 Å². The van der Waals surface area contributed by atoms with E-state index in [0.29, 0.717) is 17.7 Å². The van der Waals surface area contributed by atoms with Crippen LogP contribution in [-0.2, 0) is 0 Å². The first-order chi connectivity index (χ1) is 10.5. The molecule has 0 saturated heterocycles. The van der Waals surface area contributed by atoms with Gasteiger partial charge in [0, 0.05) is 4.47 Å². The zero-order valence-electron chi connectivity index (χ0n) is 12.5. The number of rotatable bonds is 3. The number of fused-ring (bicyclic) bond motifs is 1. The van der Waals surface area contributed by atoms with Crippen molar-refractivity contribution in [3.63, 3.8) is 0 Å². The molecule has 1 aliphatic heterocycles. The van der Waals surface area contributed by atoms with Crippen molar-refractivity contribution in [2.24, 2.45) is 0 Å². The quantitative estimate of drug-likeness (QED) is 0.777. The molecule has 1 unspecified atom stereocenters. The molecule has 0 fully saturated rings. The van der Waals surface area contributed by atoms with Crippen LogP contribution in [0.2, 0.25) is 0 Å². The highest BCUT2D eigenvalue weighted by molar-refractivity contribution is 9.10. The van der Waals surface area contributed by atoms with Crippen molar-refractivity contribution in [1.29, 1.82) is 0 Å². The van der Waals surface area contributed by atoms with Gasteiger partial charge >= 0.3 is 0 Å². The van der Waals surface area contributed by atoms with Gasteiger partial charge in [-0.15, -0.1) is 0 Å². The Balaban J connectivity index is 1.88. The topological polar surface area (TPSA) is 35.5 Å². The molecule has 22 heavy (non-hydrogen) atoms. The average molecular weight is 361 g/mol. The summed E-state index contributed by atoms with van der Waals surface area (Å²) in [5.41, 5.74) is 1.60. The highest BCUT2D eigenvalue weighted by Gasteiger charge is 2.28. The first-order valence-electron chi connectivity index (χ1n) is 7.29. The average Bonchev–Trinajstić information content (AvgIpc) is 2.47. The van der Waals surface area contributed by atoms with Crippen LogP contribution in [0.1, 0.15) is 42.3 Å². The Morgan fingerprint density at radius 2 is 2.05 bits per heavy atom. The van der Waals surface area contributed by atoms with E-state index in [1.54, 1.807) is 0 Å². The van der Waals surface area contributed by atoms with Crippen LogP contribution in [0.4, 0.5) is 0 Å². The van der Waals surface area contributed by atoms with Crippen LogP contribution < -0.4 is 9.47 Å². The van der Waals surface area contributed by atoms with Crippen molar-refractivity contribution in [1.82, 2.24) is 0 Å². The van der Waals surface area contributed by atoms with Crippen LogP contribution in [0, 0.1) is 0 Å². The second kappa shape index (κ2) is 6.13. The van der Waals surface area contributed by atoms with Crippen LogP contribution in [0.5, 0.6) is 11.5 Å². The fraction of sp³-hybridized carbons (Fsp3) is 0.278. The Morgan fingerprint density at radius 1 is 1.23 bits per heavy atom. The molecule has 0 spiro atoms. The normalized spacial score (nSPS) is 17.1. The van der Waals surface area contributed by atoms with E-state index >= 15 is 0 Å².